The Balaban J connectivity index is 1.52. The molecule has 2 aliphatic rings. The van der Waals surface area contributed by atoms with Crippen molar-refractivity contribution < 1.29 is 4.79 Å². The number of nitrogens with one attached hydrogen (secondary N) is 1. The fourth-order valence-corrected chi connectivity index (χ4v) is 2.62. The van der Waals surface area contributed by atoms with Gasteiger partial charge in [0.05, 0.1) is 6.42 Å². The largest absolute Gasteiger partial charge is 0.273 e. The van der Waals surface area contributed by atoms with E-state index in [0.717, 1.165) is 24.1 Å². The minimum absolute atomic E-state index is 0.0388. The molecule has 0 aromatic heterocycles. The van der Waals surface area contributed by atoms with Crippen LogP contribution in [0.1, 0.15) is 18.4 Å². The van der Waals surface area contributed by atoms with E-state index in [1.54, 1.807) is 0 Å². The van der Waals surface area contributed by atoms with E-state index in [2.05, 4.69) is 22.7 Å². The molecule has 0 unspecified atom stereocenters. The van der Waals surface area contributed by atoms with Crippen molar-refractivity contribution in [2.24, 2.45) is 16.9 Å². The van der Waals surface area contributed by atoms with Gasteiger partial charge >= 0.3 is 0 Å². The van der Waals surface area contributed by atoms with Crippen LogP contribution in [0.2, 0.25) is 0 Å². The fourth-order valence-electron chi connectivity index (χ4n) is 2.62. The van der Waals surface area contributed by atoms with Gasteiger partial charge in [-0.2, -0.15) is 5.10 Å². The molecule has 0 saturated heterocycles. The molecule has 1 fully saturated rings. The zero-order valence-corrected chi connectivity index (χ0v) is 10.2. The van der Waals surface area contributed by atoms with E-state index in [0.29, 0.717) is 18.3 Å². The highest BCUT2D eigenvalue weighted by atomic mass is 16.2. The van der Waals surface area contributed by atoms with Crippen LogP contribution in [0.25, 0.3) is 0 Å². The Kier molecular flexibility index (Phi) is 2.97. The summed E-state index contributed by atoms with van der Waals surface area (Å²) in [6, 6.07) is 9.73. The Morgan fingerprint density at radius 1 is 1.33 bits per heavy atom. The highest BCUT2D eigenvalue weighted by Gasteiger charge is 2.37. The third-order valence-electron chi connectivity index (χ3n) is 3.69. The van der Waals surface area contributed by atoms with Gasteiger partial charge in [-0.15, -0.1) is 0 Å². The second kappa shape index (κ2) is 4.77. The molecule has 0 spiro atoms. The monoisotopic (exact) mass is 240 g/mol. The number of benzene rings is 1. The molecule has 1 saturated carbocycles. The second-order valence-electron chi connectivity index (χ2n) is 4.94. The van der Waals surface area contributed by atoms with Crippen LogP contribution in [0.3, 0.4) is 0 Å². The van der Waals surface area contributed by atoms with Crippen molar-refractivity contribution in [3.63, 3.8) is 0 Å². The molecule has 1 amide bonds. The van der Waals surface area contributed by atoms with Gasteiger partial charge in [0.15, 0.2) is 0 Å². The molecule has 92 valence electrons. The van der Waals surface area contributed by atoms with E-state index in [-0.39, 0.29) is 5.91 Å². The van der Waals surface area contributed by atoms with Crippen molar-refractivity contribution in [2.45, 2.75) is 19.3 Å². The zero-order valence-electron chi connectivity index (χ0n) is 10.2. The minimum atomic E-state index is -0.0388. The summed E-state index contributed by atoms with van der Waals surface area (Å²) in [6.07, 6.45) is 6.95. The summed E-state index contributed by atoms with van der Waals surface area (Å²) in [7, 11) is 0. The summed E-state index contributed by atoms with van der Waals surface area (Å²) in [6.45, 7) is 0. The van der Waals surface area contributed by atoms with Crippen molar-refractivity contribution >= 4 is 11.6 Å². The van der Waals surface area contributed by atoms with Crippen LogP contribution in [-0.4, -0.2) is 11.6 Å². The quantitative estimate of drug-likeness (QED) is 0.639. The van der Waals surface area contributed by atoms with Crippen LogP contribution < -0.4 is 5.43 Å². The Morgan fingerprint density at radius 3 is 2.94 bits per heavy atom. The number of hydrogen-bond donors (Lipinski definition) is 1. The Morgan fingerprint density at radius 2 is 2.17 bits per heavy atom. The third-order valence-corrected chi connectivity index (χ3v) is 3.69. The van der Waals surface area contributed by atoms with Crippen LogP contribution in [0.5, 0.6) is 0 Å². The van der Waals surface area contributed by atoms with Crippen molar-refractivity contribution in [3.8, 4) is 0 Å². The standard InChI is InChI=1S/C15H16N2O/c18-15(9-11-5-2-1-3-6-11)17-16-14-10-12-7-4-8-13(12)14/h1-7,12-13H,8-10H2,(H,17,18)/b16-14+/t12-,13+/m0/s1. The lowest BCUT2D eigenvalue weighted by Crippen LogP contribution is -2.35. The molecule has 3 nitrogen and oxygen atoms in total. The van der Waals surface area contributed by atoms with Gasteiger partial charge in [-0.05, 0) is 24.3 Å². The maximum atomic E-state index is 11.7. The summed E-state index contributed by atoms with van der Waals surface area (Å²) in [4.78, 5) is 11.7. The second-order valence-corrected chi connectivity index (χ2v) is 4.94. The summed E-state index contributed by atoms with van der Waals surface area (Å²) in [5.41, 5.74) is 4.83. The highest BCUT2D eigenvalue weighted by molar-refractivity contribution is 5.95. The first-order chi connectivity index (χ1) is 8.83. The fraction of sp³-hybridized carbons (Fsp3) is 0.333. The summed E-state index contributed by atoms with van der Waals surface area (Å²) in [5.74, 6) is 1.19. The first-order valence-electron chi connectivity index (χ1n) is 6.39. The topological polar surface area (TPSA) is 41.5 Å². The normalized spacial score (nSPS) is 26.8. The lowest BCUT2D eigenvalue weighted by atomic mass is 9.74. The van der Waals surface area contributed by atoms with Gasteiger partial charge < -0.3 is 0 Å². The summed E-state index contributed by atoms with van der Waals surface area (Å²) in [5, 5.41) is 4.25. The molecular weight excluding hydrogens is 224 g/mol. The van der Waals surface area contributed by atoms with Gasteiger partial charge in [-0.1, -0.05) is 42.5 Å². The number of fused-ring (bicyclic) bond motifs is 1. The average Bonchev–Trinajstić information content (AvgIpc) is 2.72. The van der Waals surface area contributed by atoms with Crippen molar-refractivity contribution in [1.29, 1.82) is 0 Å². The van der Waals surface area contributed by atoms with E-state index < -0.39 is 0 Å². The molecule has 18 heavy (non-hydrogen) atoms. The minimum Gasteiger partial charge on any atom is -0.273 e. The van der Waals surface area contributed by atoms with Gasteiger partial charge in [0.1, 0.15) is 0 Å². The maximum Gasteiger partial charge on any atom is 0.244 e. The first-order valence-corrected chi connectivity index (χ1v) is 6.39. The molecule has 0 aliphatic heterocycles. The molecule has 1 aromatic rings. The van der Waals surface area contributed by atoms with Gasteiger partial charge in [0.2, 0.25) is 5.91 Å². The number of hydrazone groups is 1. The smallest absolute Gasteiger partial charge is 0.244 e. The Bertz CT molecular complexity index is 504. The molecule has 0 heterocycles. The lowest BCUT2D eigenvalue weighted by Gasteiger charge is -2.31. The van der Waals surface area contributed by atoms with Crippen molar-refractivity contribution in [1.82, 2.24) is 5.43 Å². The van der Waals surface area contributed by atoms with Crippen LogP contribution in [0.4, 0.5) is 0 Å². The van der Waals surface area contributed by atoms with Crippen molar-refractivity contribution in [2.75, 3.05) is 0 Å². The zero-order chi connectivity index (χ0) is 12.4. The van der Waals surface area contributed by atoms with Crippen LogP contribution >= 0.6 is 0 Å². The number of rotatable bonds is 3. The van der Waals surface area contributed by atoms with Gasteiger partial charge in [-0.25, -0.2) is 5.43 Å². The van der Waals surface area contributed by atoms with Crippen LogP contribution in [-0.2, 0) is 11.2 Å². The van der Waals surface area contributed by atoms with Gasteiger partial charge in [0, 0.05) is 11.6 Å². The molecule has 1 N–H and O–H groups in total. The maximum absolute atomic E-state index is 11.7. The SMILES string of the molecule is O=C(Cc1ccccc1)N/N=C1\C[C@@H]2C=CC[C@@H]12. The third kappa shape index (κ3) is 2.21. The molecule has 1 aromatic carbocycles. The number of allylic oxidation sites excluding steroid dienone is 2. The van der Waals surface area contributed by atoms with E-state index in [9.17, 15) is 4.79 Å². The summed E-state index contributed by atoms with van der Waals surface area (Å²) < 4.78 is 0. The van der Waals surface area contributed by atoms with E-state index >= 15 is 0 Å². The number of nitrogens with zero attached hydrogens (tertiary/aromatic N) is 1. The number of amides is 1. The van der Waals surface area contributed by atoms with E-state index in [1.165, 1.54) is 0 Å². The van der Waals surface area contributed by atoms with Crippen LogP contribution in [0.15, 0.2) is 47.6 Å². The van der Waals surface area contributed by atoms with E-state index in [4.69, 9.17) is 0 Å². The predicted molar refractivity (Wildman–Crippen MR) is 71.1 cm³/mol. The Hall–Kier alpha value is -1.90. The molecule has 2 atom stereocenters. The molecule has 3 heteroatoms. The molecule has 0 radical (unpaired) electrons. The lowest BCUT2D eigenvalue weighted by molar-refractivity contribution is -0.120. The van der Waals surface area contributed by atoms with Crippen LogP contribution in [0, 0.1) is 11.8 Å². The molecule has 3 rings (SSSR count). The number of carbonyl (C=O) groups excluding carboxylic acids is 1. The molecular formula is C15H16N2O. The first kappa shape index (κ1) is 11.2. The molecule has 2 aliphatic carbocycles. The number of carbonyl (C=O) groups is 1. The van der Waals surface area contributed by atoms with Gasteiger partial charge in [-0.3, -0.25) is 4.79 Å². The van der Waals surface area contributed by atoms with Gasteiger partial charge in [0.25, 0.3) is 0 Å². The highest BCUT2D eigenvalue weighted by Crippen LogP contribution is 2.39. The van der Waals surface area contributed by atoms with Crippen molar-refractivity contribution in [3.05, 3.63) is 48.0 Å². The predicted octanol–water partition coefficient (Wildman–Crippen LogP) is 2.30. The van der Waals surface area contributed by atoms with E-state index in [1.807, 2.05) is 30.3 Å². The Labute approximate surface area is 107 Å². The summed E-state index contributed by atoms with van der Waals surface area (Å²) >= 11 is 0. The average molecular weight is 240 g/mol. The number of hydrogen-bond acceptors (Lipinski definition) is 2. The molecule has 0 bridgehead atoms.